The SMILES string of the molecule is CC(C)CC([C@@H](N)CP(C)(=O)O)[N+](C)(C)C.CC(C)CC([C@@H](N)CP(C)(=O)O)[N+](C)(C)C.CC(C)CC([C@@H](O)CP(C)(=O)O)[N+](C)(C)C.CC(C)CC([C@@H](O)CP(C)(=O)O)[N+](C)(C)C.CC(C)CC([C@H](N)CP(=O)(O)O)[N+](C)(C)C.CC(C)CC([C@H](N)CP(C)(=O)O)[N+](C)(C)C.CC(C)CC([C@H](O)CP(C)(=O)O)[N+](C)(C)C.CC(C)CC([C@H](O)CP(C)(=O)O)[N+](C)(C)C.[CH3-].[CH3-].[CH3-].[CH3-].[CH3-].[CH3-].[CH3-].[CH3-]. The summed E-state index contributed by atoms with van der Waals surface area (Å²) < 4.78 is 95.8. The lowest BCUT2D eigenvalue weighted by atomic mass is 9.96. The molecule has 0 rings (SSSR count). The van der Waals surface area contributed by atoms with Gasteiger partial charge >= 0.3 is 7.60 Å². The highest BCUT2D eigenvalue weighted by Gasteiger charge is 2.43. The lowest BCUT2D eigenvalue weighted by Crippen LogP contribution is -2.56. The molecule has 0 aliphatic carbocycles. The van der Waals surface area contributed by atoms with Crippen molar-refractivity contribution in [2.45, 2.75) is 259 Å². The minimum atomic E-state index is -4.02. The van der Waals surface area contributed by atoms with E-state index in [1.54, 1.807) is 0 Å². The Bertz CT molecular complexity index is 2690. The van der Waals surface area contributed by atoms with Crippen molar-refractivity contribution in [2.75, 3.05) is 265 Å². The third kappa shape index (κ3) is 103. The van der Waals surface area contributed by atoms with Crippen molar-refractivity contribution >= 4 is 59.2 Å². The van der Waals surface area contributed by atoms with E-state index in [1.165, 1.54) is 46.7 Å². The van der Waals surface area contributed by atoms with Gasteiger partial charge in [-0.2, -0.15) is 0 Å². The van der Waals surface area contributed by atoms with Gasteiger partial charge in [0.25, 0.3) is 0 Å². The zero-order valence-electron chi connectivity index (χ0n) is 98.7. The van der Waals surface area contributed by atoms with E-state index in [-0.39, 0.29) is 175 Å². The van der Waals surface area contributed by atoms with Crippen LogP contribution >= 0.6 is 59.2 Å². The molecule has 0 aromatic carbocycles. The van der Waals surface area contributed by atoms with Gasteiger partial charge < -0.3 is 183 Å². The fourth-order valence-corrected chi connectivity index (χ4v) is 23.5. The zero-order chi connectivity index (χ0) is 105. The van der Waals surface area contributed by atoms with Gasteiger partial charge in [-0.1, -0.05) is 111 Å². The molecule has 848 valence electrons. The van der Waals surface area contributed by atoms with Gasteiger partial charge in [-0.25, -0.2) is 0 Å². The number of aliphatic hydroxyl groups excluding tert-OH is 4. The molecule has 0 bridgehead atoms. The smallest absolute Gasteiger partial charge is 0.327 e. The average molecular weight is 2140 g/mol. The summed E-state index contributed by atoms with van der Waals surface area (Å²) in [6.45, 7) is 43.2. The van der Waals surface area contributed by atoms with E-state index in [9.17, 15) is 91.2 Å². The molecule has 0 heterocycles. The first-order valence-corrected chi connectivity index (χ1v) is 63.6. The van der Waals surface area contributed by atoms with E-state index in [2.05, 4.69) is 174 Å². The Hall–Kier alpha value is 0.840. The lowest BCUT2D eigenvalue weighted by molar-refractivity contribution is -0.900. The van der Waals surface area contributed by atoms with Crippen LogP contribution in [-0.2, 0) is 36.5 Å². The monoisotopic (exact) mass is 2140 g/mol. The van der Waals surface area contributed by atoms with Crippen molar-refractivity contribution in [3.05, 3.63) is 59.4 Å². The Morgan fingerprint density at radius 1 is 0.184 bits per heavy atom. The van der Waals surface area contributed by atoms with Crippen LogP contribution < -0.4 is 22.9 Å². The Balaban J connectivity index is -0.0000000857. The topological polar surface area (TPSA) is 504 Å². The highest BCUT2D eigenvalue weighted by Crippen LogP contribution is 2.44. The highest BCUT2D eigenvalue weighted by atomic mass is 31.2. The van der Waals surface area contributed by atoms with Gasteiger partial charge in [0.2, 0.25) is 0 Å². The number of nitrogens with zero attached hydrogens (tertiary/aromatic N) is 8. The maximum Gasteiger partial charge on any atom is 0.327 e. The summed E-state index contributed by atoms with van der Waals surface area (Å²) in [4.78, 5) is 83.4. The van der Waals surface area contributed by atoms with Crippen LogP contribution in [0.15, 0.2) is 0 Å². The molecular weight excluding hydrogens is 1890 g/mol. The Labute approximate surface area is 845 Å². The van der Waals surface area contributed by atoms with Gasteiger partial charge in [-0.3, -0.25) is 36.5 Å². The molecule has 21 N–H and O–H groups in total. The number of nitrogens with two attached hydrogens (primary N) is 4. The summed E-state index contributed by atoms with van der Waals surface area (Å²) in [5.74, 6) is 3.96. The Morgan fingerprint density at radius 2 is 0.272 bits per heavy atom. The molecular formula is C95H242N12O21P8. The molecule has 0 aromatic heterocycles. The Morgan fingerprint density at radius 3 is 0.346 bits per heavy atom. The van der Waals surface area contributed by atoms with E-state index < -0.39 is 89.6 Å². The molecule has 33 nitrogen and oxygen atoms in total. The van der Waals surface area contributed by atoms with E-state index >= 15 is 0 Å². The molecule has 0 saturated heterocycles. The van der Waals surface area contributed by atoms with Crippen LogP contribution in [0.3, 0.4) is 0 Å². The number of likely N-dealkylation sites (N-methyl/N-ethyl adjacent to an activating group) is 8. The number of hydrogen-bond donors (Lipinski definition) is 17. The molecule has 0 saturated carbocycles. The van der Waals surface area contributed by atoms with Crippen LogP contribution in [0, 0.1) is 107 Å². The zero-order valence-corrected chi connectivity index (χ0v) is 106. The predicted octanol–water partition coefficient (Wildman–Crippen LogP) is 13.7. The number of aliphatic hydroxyl groups is 4. The van der Waals surface area contributed by atoms with Gasteiger partial charge in [0.15, 0.2) is 51.6 Å². The maximum absolute atomic E-state index is 11.4. The first-order chi connectivity index (χ1) is 55.5. The quantitative estimate of drug-likeness (QED) is 0.0153. The molecule has 136 heavy (non-hydrogen) atoms. The van der Waals surface area contributed by atoms with Crippen molar-refractivity contribution in [1.82, 2.24) is 0 Å². The third-order valence-corrected chi connectivity index (χ3v) is 30.0. The summed E-state index contributed by atoms with van der Waals surface area (Å²) in [5, 5.41) is 40.3. The van der Waals surface area contributed by atoms with Crippen LogP contribution in [0.4, 0.5) is 0 Å². The number of rotatable bonds is 48. The summed E-state index contributed by atoms with van der Waals surface area (Å²) in [5.41, 5.74) is 24.2. The van der Waals surface area contributed by atoms with Gasteiger partial charge in [0, 0.05) is 117 Å². The van der Waals surface area contributed by atoms with E-state index in [1.807, 2.05) is 106 Å². The Kier molecular flexibility index (Phi) is 91.9. The van der Waals surface area contributed by atoms with Crippen LogP contribution in [0.2, 0.25) is 0 Å². The second kappa shape index (κ2) is 72.3. The standard InChI is InChI=1S/3C11H27N2O2P.4C11H26NO3P.C10H25N2O3P.8CH3/c3*1-9(2)7-11(13(3,4)5)10(12)8-16(6,14)15;4*1-9(2)7-10(12(3,4)5)11(13)8-16(6,14)15;1-8(2)6-10(12(3,4)5)9(11)7-16(13,14)15;;;;;;;;/h3*9-11H,7-8,12H2,1-6H3;4*9-11,13H,7-8H2,1-6H3;8-10H,6-7,11H2,1-5H3,(H-,13,14,15);8*1H3/q;;;;;;;;8*-1/p+8/t3*10-,11?;4*10?,11-;9-,10?;;;;;;;;/m10011001......../s1. The fraction of sp³-hybridized carbons (Fsp3) is 0.916. The summed E-state index contributed by atoms with van der Waals surface area (Å²) >= 11 is 0. The minimum absolute atomic E-state index is 0. The van der Waals surface area contributed by atoms with E-state index in [0.717, 1.165) is 64.8 Å². The molecule has 0 spiro atoms. The first kappa shape index (κ1) is 173. The highest BCUT2D eigenvalue weighted by molar-refractivity contribution is 7.58. The third-order valence-electron chi connectivity index (χ3n) is 21.6. The molecule has 23 atom stereocenters. The minimum Gasteiger partial charge on any atom is -0.386 e. The first-order valence-electron chi connectivity index (χ1n) is 45.8. The second-order valence-corrected chi connectivity index (χ2v) is 67.9. The summed E-state index contributed by atoms with van der Waals surface area (Å²) in [6.07, 6.45) is 4.66. The van der Waals surface area contributed by atoms with Crippen LogP contribution in [0.5, 0.6) is 0 Å². The number of quaternary nitrogens is 8. The number of hydrogen-bond acceptors (Lipinski definition) is 16. The molecule has 0 aromatic rings. The van der Waals surface area contributed by atoms with Crippen molar-refractivity contribution in [2.24, 2.45) is 70.3 Å². The molecule has 0 aliphatic rings. The maximum atomic E-state index is 11.4. The van der Waals surface area contributed by atoms with E-state index in [4.69, 9.17) is 32.7 Å². The molecule has 15 unspecified atom stereocenters. The normalized spacial score (nSPS) is 19.0. The van der Waals surface area contributed by atoms with Crippen LogP contribution in [0.1, 0.15) is 162 Å². The van der Waals surface area contributed by atoms with Crippen LogP contribution in [0.25, 0.3) is 0 Å². The van der Waals surface area contributed by atoms with Crippen molar-refractivity contribution in [3.63, 3.8) is 0 Å². The van der Waals surface area contributed by atoms with Gasteiger partial charge in [-0.15, -0.1) is 0 Å². The van der Waals surface area contributed by atoms with Gasteiger partial charge in [0.05, 0.1) is 224 Å². The van der Waals surface area contributed by atoms with Gasteiger partial charge in [0.1, 0.15) is 72.8 Å². The lowest BCUT2D eigenvalue weighted by Gasteiger charge is -2.39. The molecule has 0 amide bonds. The predicted molar refractivity (Wildman–Crippen MR) is 599 cm³/mol. The fourth-order valence-electron chi connectivity index (χ4n) is 15.9. The molecule has 0 radical (unpaired) electrons. The largest absolute Gasteiger partial charge is 0.386 e. The van der Waals surface area contributed by atoms with Crippen LogP contribution in [-0.4, -0.2) is 462 Å². The molecule has 0 aliphatic heterocycles. The summed E-state index contributed by atoms with van der Waals surface area (Å²) in [7, 11) is 23.2. The van der Waals surface area contributed by atoms with Crippen molar-refractivity contribution < 1.29 is 137 Å². The van der Waals surface area contributed by atoms with Crippen molar-refractivity contribution in [1.29, 1.82) is 0 Å². The van der Waals surface area contributed by atoms with Crippen molar-refractivity contribution in [3.8, 4) is 0 Å². The average Bonchev–Trinajstić information content (AvgIpc) is 0.886. The molecule has 41 heteroatoms. The van der Waals surface area contributed by atoms with Gasteiger partial charge in [-0.05, 0) is 47.3 Å². The van der Waals surface area contributed by atoms with E-state index in [0.29, 0.717) is 69.8 Å². The summed E-state index contributed by atoms with van der Waals surface area (Å²) in [6, 6.07) is -0.395. The second-order valence-electron chi connectivity index (χ2n) is 48.9. The molecule has 0 fully saturated rings.